The van der Waals surface area contributed by atoms with Gasteiger partial charge in [-0.1, -0.05) is 36.8 Å². The number of amides is 1. The first kappa shape index (κ1) is 27.1. The van der Waals surface area contributed by atoms with Crippen molar-refractivity contribution in [3.05, 3.63) is 53.6 Å². The zero-order valence-corrected chi connectivity index (χ0v) is 22.9. The molecule has 206 valence electrons. The molecular formula is C29H40N4O4S. The van der Waals surface area contributed by atoms with E-state index in [1.54, 1.807) is 4.31 Å². The van der Waals surface area contributed by atoms with Gasteiger partial charge in [0.15, 0.2) is 0 Å². The fourth-order valence-electron chi connectivity index (χ4n) is 6.22. The molecule has 2 fully saturated rings. The molecule has 8 nitrogen and oxygen atoms in total. The average Bonchev–Trinajstić information content (AvgIpc) is 3.37. The quantitative estimate of drug-likeness (QED) is 0.447. The van der Waals surface area contributed by atoms with Gasteiger partial charge in [0.05, 0.1) is 30.2 Å². The third-order valence-corrected chi connectivity index (χ3v) is 10.2. The number of sulfonamides is 1. The maximum Gasteiger partial charge on any atom is 0.250 e. The van der Waals surface area contributed by atoms with Crippen molar-refractivity contribution in [1.82, 2.24) is 9.21 Å². The minimum absolute atomic E-state index is 0.0356. The number of nitrogens with one attached hydrogen (secondary N) is 1. The van der Waals surface area contributed by atoms with Crippen LogP contribution in [-0.4, -0.2) is 81.8 Å². The number of nitrogens with two attached hydrogens (primary N) is 1. The van der Waals surface area contributed by atoms with Gasteiger partial charge in [0, 0.05) is 32.1 Å². The number of hydrogen-bond acceptors (Lipinski definition) is 6. The number of benzene rings is 2. The molecule has 38 heavy (non-hydrogen) atoms. The molecule has 3 N–H and O–H groups in total. The van der Waals surface area contributed by atoms with Gasteiger partial charge in [-0.2, -0.15) is 0 Å². The van der Waals surface area contributed by atoms with Crippen LogP contribution in [0.4, 0.5) is 5.69 Å². The zero-order chi connectivity index (χ0) is 26.5. The van der Waals surface area contributed by atoms with E-state index in [9.17, 15) is 13.2 Å². The number of rotatable bonds is 10. The molecule has 1 amide bonds. The Bertz CT molecular complexity index is 1210. The predicted molar refractivity (Wildman–Crippen MR) is 151 cm³/mol. The van der Waals surface area contributed by atoms with E-state index < -0.39 is 15.9 Å². The number of fused-ring (bicyclic) bond motifs is 1. The highest BCUT2D eigenvalue weighted by molar-refractivity contribution is 7.89. The highest BCUT2D eigenvalue weighted by Crippen LogP contribution is 2.44. The van der Waals surface area contributed by atoms with Crippen molar-refractivity contribution in [3.8, 4) is 11.1 Å². The number of anilines is 1. The molecule has 3 heterocycles. The number of primary amides is 1. The number of ether oxygens (including phenoxy) is 1. The fourth-order valence-corrected chi connectivity index (χ4v) is 7.57. The molecule has 9 heteroatoms. The van der Waals surface area contributed by atoms with E-state index in [0.29, 0.717) is 31.2 Å². The lowest BCUT2D eigenvalue weighted by molar-refractivity contribution is 0.100. The second kappa shape index (κ2) is 12.2. The van der Waals surface area contributed by atoms with Gasteiger partial charge in [0.25, 0.3) is 5.91 Å². The molecular weight excluding hydrogens is 500 g/mol. The molecule has 2 aromatic rings. The summed E-state index contributed by atoms with van der Waals surface area (Å²) in [6.07, 6.45) is 5.38. The smallest absolute Gasteiger partial charge is 0.250 e. The van der Waals surface area contributed by atoms with Crippen LogP contribution in [0.1, 0.15) is 53.9 Å². The second-order valence-corrected chi connectivity index (χ2v) is 12.9. The number of carbonyl (C=O) groups is 1. The largest absolute Gasteiger partial charge is 0.384 e. The van der Waals surface area contributed by atoms with Crippen LogP contribution in [0.5, 0.6) is 0 Å². The molecule has 0 aromatic heterocycles. The minimum atomic E-state index is -3.34. The molecule has 1 unspecified atom stereocenters. The van der Waals surface area contributed by atoms with Crippen LogP contribution in [0.25, 0.3) is 11.1 Å². The normalized spacial score (nSPS) is 21.2. The lowest BCUT2D eigenvalue weighted by atomic mass is 9.80. The van der Waals surface area contributed by atoms with Gasteiger partial charge < -0.3 is 20.7 Å². The first-order valence-electron chi connectivity index (χ1n) is 14.0. The van der Waals surface area contributed by atoms with Gasteiger partial charge in [-0.3, -0.25) is 4.79 Å². The van der Waals surface area contributed by atoms with Crippen molar-refractivity contribution in [2.24, 2.45) is 11.7 Å². The molecule has 1 atom stereocenters. The Morgan fingerprint density at radius 3 is 2.42 bits per heavy atom. The number of likely N-dealkylation sites (tertiary alicyclic amines) is 1. The fraction of sp³-hybridized carbons (Fsp3) is 0.552. The number of nitrogens with zero attached hydrogens (tertiary/aromatic N) is 2. The van der Waals surface area contributed by atoms with Crippen LogP contribution < -0.4 is 11.1 Å². The van der Waals surface area contributed by atoms with Gasteiger partial charge >= 0.3 is 0 Å². The zero-order valence-electron chi connectivity index (χ0n) is 22.1. The molecule has 3 aliphatic rings. The van der Waals surface area contributed by atoms with Crippen molar-refractivity contribution in [3.63, 3.8) is 0 Å². The Morgan fingerprint density at radius 1 is 0.974 bits per heavy atom. The van der Waals surface area contributed by atoms with Crippen molar-refractivity contribution < 1.29 is 17.9 Å². The lowest BCUT2D eigenvalue weighted by Gasteiger charge is -2.34. The van der Waals surface area contributed by atoms with Gasteiger partial charge in [0.1, 0.15) is 0 Å². The minimum Gasteiger partial charge on any atom is -0.384 e. The van der Waals surface area contributed by atoms with E-state index >= 15 is 0 Å². The molecule has 0 radical (unpaired) electrons. The molecule has 5 rings (SSSR count). The van der Waals surface area contributed by atoms with Crippen LogP contribution in [0.2, 0.25) is 0 Å². The SMILES string of the molecule is NC(=O)c1cc(-c2ccccc2)cc2c1NCC2C1CCN(S(=O)(=O)CCOCCN2CCCCC2)CC1. The average molecular weight is 541 g/mol. The third-order valence-electron chi connectivity index (χ3n) is 8.39. The molecule has 0 aliphatic carbocycles. The summed E-state index contributed by atoms with van der Waals surface area (Å²) in [6.45, 7) is 5.73. The highest BCUT2D eigenvalue weighted by atomic mass is 32.2. The van der Waals surface area contributed by atoms with Crippen LogP contribution in [0.3, 0.4) is 0 Å². The molecule has 3 aliphatic heterocycles. The van der Waals surface area contributed by atoms with Crippen LogP contribution in [0.15, 0.2) is 42.5 Å². The summed E-state index contributed by atoms with van der Waals surface area (Å²) in [4.78, 5) is 14.7. The Hall–Kier alpha value is -2.46. The summed E-state index contributed by atoms with van der Waals surface area (Å²) in [5.41, 5.74) is 10.2. The first-order chi connectivity index (χ1) is 18.4. The van der Waals surface area contributed by atoms with Crippen molar-refractivity contribution in [1.29, 1.82) is 0 Å². The van der Waals surface area contributed by atoms with E-state index in [1.165, 1.54) is 19.3 Å². The third kappa shape index (κ3) is 6.22. The van der Waals surface area contributed by atoms with Gasteiger partial charge in [-0.25, -0.2) is 12.7 Å². The molecule has 2 saturated heterocycles. The monoisotopic (exact) mass is 540 g/mol. The summed E-state index contributed by atoms with van der Waals surface area (Å²) in [7, 11) is -3.34. The van der Waals surface area contributed by atoms with E-state index in [4.69, 9.17) is 10.5 Å². The highest BCUT2D eigenvalue weighted by Gasteiger charge is 2.36. The lowest BCUT2D eigenvalue weighted by Crippen LogP contribution is -2.41. The Balaban J connectivity index is 1.17. The van der Waals surface area contributed by atoms with Gasteiger partial charge in [-0.15, -0.1) is 0 Å². The number of carbonyl (C=O) groups excluding carboxylic acids is 1. The summed E-state index contributed by atoms with van der Waals surface area (Å²) >= 11 is 0. The predicted octanol–water partition coefficient (Wildman–Crippen LogP) is 3.51. The summed E-state index contributed by atoms with van der Waals surface area (Å²) < 4.78 is 33.3. The van der Waals surface area contributed by atoms with E-state index in [1.807, 2.05) is 36.4 Å². The van der Waals surface area contributed by atoms with Crippen molar-refractivity contribution in [2.45, 2.75) is 38.0 Å². The van der Waals surface area contributed by atoms with Crippen molar-refractivity contribution in [2.75, 3.05) is 63.6 Å². The molecule has 2 aromatic carbocycles. The second-order valence-electron chi connectivity index (χ2n) is 10.8. The molecule has 0 bridgehead atoms. The molecule has 0 spiro atoms. The van der Waals surface area contributed by atoms with E-state index in [-0.39, 0.29) is 18.3 Å². The van der Waals surface area contributed by atoms with Gasteiger partial charge in [-0.05, 0) is 73.5 Å². The topological polar surface area (TPSA) is 105 Å². The number of hydrogen-bond donors (Lipinski definition) is 2. The molecule has 0 saturated carbocycles. The first-order valence-corrected chi connectivity index (χ1v) is 15.6. The number of piperidine rings is 2. The van der Waals surface area contributed by atoms with Crippen LogP contribution in [0, 0.1) is 5.92 Å². The van der Waals surface area contributed by atoms with Crippen LogP contribution >= 0.6 is 0 Å². The Morgan fingerprint density at radius 2 is 1.71 bits per heavy atom. The standard InChI is InChI=1S/C29H40N4O4S/c30-29(34)26-20-24(22-7-3-1-4-8-22)19-25-27(21-31-28(25)26)23-9-13-33(14-10-23)38(35,36)18-17-37-16-15-32-11-5-2-6-12-32/h1,3-4,7-8,19-20,23,27,31H,2,5-6,9-18,21H2,(H2,30,34). The summed E-state index contributed by atoms with van der Waals surface area (Å²) in [5.74, 6) is 0.150. The maximum atomic E-state index is 13.0. The van der Waals surface area contributed by atoms with E-state index in [2.05, 4.69) is 16.3 Å². The summed E-state index contributed by atoms with van der Waals surface area (Å²) in [5, 5.41) is 3.43. The van der Waals surface area contributed by atoms with Crippen molar-refractivity contribution >= 4 is 21.6 Å². The van der Waals surface area contributed by atoms with Gasteiger partial charge in [0.2, 0.25) is 10.0 Å². The summed E-state index contributed by atoms with van der Waals surface area (Å²) in [6, 6.07) is 14.0. The Labute approximate surface area is 226 Å². The van der Waals surface area contributed by atoms with Crippen LogP contribution in [-0.2, 0) is 14.8 Å². The Kier molecular flexibility index (Phi) is 8.67. The van der Waals surface area contributed by atoms with E-state index in [0.717, 1.165) is 61.4 Å². The maximum absolute atomic E-state index is 13.0.